The van der Waals surface area contributed by atoms with Crippen molar-refractivity contribution in [3.05, 3.63) is 51.3 Å². The van der Waals surface area contributed by atoms with E-state index < -0.39 is 0 Å². The first-order valence-electron chi connectivity index (χ1n) is 4.99. The molecule has 0 saturated heterocycles. The van der Waals surface area contributed by atoms with Gasteiger partial charge in [0.05, 0.1) is 21.3 Å². The molecular formula is C12H10Cl2N2O. The van der Waals surface area contributed by atoms with Gasteiger partial charge in [-0.15, -0.1) is 0 Å². The van der Waals surface area contributed by atoms with Crippen molar-refractivity contribution in [2.45, 2.75) is 6.92 Å². The highest BCUT2D eigenvalue weighted by molar-refractivity contribution is 6.44. The van der Waals surface area contributed by atoms with Crippen molar-refractivity contribution in [3.63, 3.8) is 0 Å². The van der Waals surface area contributed by atoms with Crippen LogP contribution in [0.2, 0.25) is 10.0 Å². The first-order chi connectivity index (χ1) is 8.00. The Balaban J connectivity index is 2.51. The third kappa shape index (κ3) is 2.21. The summed E-state index contributed by atoms with van der Waals surface area (Å²) in [4.78, 5) is 12.3. The fourth-order valence-electron chi connectivity index (χ4n) is 1.65. The summed E-state index contributed by atoms with van der Waals surface area (Å²) in [5.41, 5.74) is 1.61. The van der Waals surface area contributed by atoms with Gasteiger partial charge in [-0.25, -0.2) is 0 Å². The molecule has 0 bridgehead atoms. The summed E-state index contributed by atoms with van der Waals surface area (Å²) in [5, 5.41) is 4.78. The fourth-order valence-corrected chi connectivity index (χ4v) is 2.03. The molecule has 5 heteroatoms. The number of carbonyl (C=O) groups excluding carboxylic acids is 1. The van der Waals surface area contributed by atoms with Crippen LogP contribution in [-0.2, 0) is 7.05 Å². The number of aromatic nitrogens is 2. The molecule has 0 atom stereocenters. The number of rotatable bonds is 2. The van der Waals surface area contributed by atoms with E-state index >= 15 is 0 Å². The van der Waals surface area contributed by atoms with Gasteiger partial charge in [0.2, 0.25) is 0 Å². The number of hydrogen-bond acceptors (Lipinski definition) is 2. The maximum Gasteiger partial charge on any atom is 0.198 e. The molecule has 1 heterocycles. The molecule has 1 aromatic carbocycles. The molecule has 1 aromatic heterocycles. The molecule has 2 aromatic rings. The topological polar surface area (TPSA) is 34.9 Å². The number of halogens is 2. The van der Waals surface area contributed by atoms with Gasteiger partial charge < -0.3 is 0 Å². The molecule has 0 saturated carbocycles. The predicted molar refractivity (Wildman–Crippen MR) is 67.8 cm³/mol. The highest BCUT2D eigenvalue weighted by Crippen LogP contribution is 2.27. The van der Waals surface area contributed by atoms with Gasteiger partial charge in [-0.05, 0) is 19.1 Å². The Kier molecular flexibility index (Phi) is 3.22. The molecule has 2 rings (SSSR count). The average Bonchev–Trinajstić information content (AvgIpc) is 2.61. The first kappa shape index (κ1) is 12.1. The van der Waals surface area contributed by atoms with Gasteiger partial charge in [0.15, 0.2) is 5.78 Å². The van der Waals surface area contributed by atoms with Crippen LogP contribution in [0.15, 0.2) is 24.4 Å². The SMILES string of the molecule is Cc1nn(C)cc1C(=O)c1cccc(Cl)c1Cl. The van der Waals surface area contributed by atoms with E-state index in [2.05, 4.69) is 5.10 Å². The summed E-state index contributed by atoms with van der Waals surface area (Å²) >= 11 is 11.9. The van der Waals surface area contributed by atoms with Crippen LogP contribution in [0.3, 0.4) is 0 Å². The van der Waals surface area contributed by atoms with Gasteiger partial charge in [-0.1, -0.05) is 29.3 Å². The highest BCUT2D eigenvalue weighted by Gasteiger charge is 2.18. The fraction of sp³-hybridized carbons (Fsp3) is 0.167. The number of hydrogen-bond donors (Lipinski definition) is 0. The molecule has 0 unspecified atom stereocenters. The molecule has 17 heavy (non-hydrogen) atoms. The second kappa shape index (κ2) is 4.51. The Morgan fingerprint density at radius 1 is 1.29 bits per heavy atom. The second-order valence-corrected chi connectivity index (χ2v) is 4.52. The van der Waals surface area contributed by atoms with Crippen molar-refractivity contribution in [1.82, 2.24) is 9.78 Å². The molecule has 88 valence electrons. The monoisotopic (exact) mass is 268 g/mol. The minimum atomic E-state index is -0.164. The molecule has 0 fully saturated rings. The zero-order valence-electron chi connectivity index (χ0n) is 9.37. The van der Waals surface area contributed by atoms with Gasteiger partial charge in [0.1, 0.15) is 0 Å². The van der Waals surface area contributed by atoms with Crippen LogP contribution in [0, 0.1) is 6.92 Å². The molecule has 0 radical (unpaired) electrons. The second-order valence-electron chi connectivity index (χ2n) is 3.73. The maximum atomic E-state index is 12.3. The Hall–Kier alpha value is -1.32. The van der Waals surface area contributed by atoms with Crippen molar-refractivity contribution in [3.8, 4) is 0 Å². The summed E-state index contributed by atoms with van der Waals surface area (Å²) in [6.07, 6.45) is 1.68. The average molecular weight is 269 g/mol. The zero-order chi connectivity index (χ0) is 12.6. The molecule has 0 N–H and O–H groups in total. The van der Waals surface area contributed by atoms with E-state index in [1.807, 2.05) is 0 Å². The minimum Gasteiger partial charge on any atom is -0.288 e. The van der Waals surface area contributed by atoms with Gasteiger partial charge in [-0.2, -0.15) is 5.10 Å². The quantitative estimate of drug-likeness (QED) is 0.784. The van der Waals surface area contributed by atoms with Crippen LogP contribution in [0.25, 0.3) is 0 Å². The Labute approximate surface area is 109 Å². The summed E-state index contributed by atoms with van der Waals surface area (Å²) < 4.78 is 1.60. The highest BCUT2D eigenvalue weighted by atomic mass is 35.5. The van der Waals surface area contributed by atoms with Crippen LogP contribution >= 0.6 is 23.2 Å². The van der Waals surface area contributed by atoms with E-state index in [1.165, 1.54) is 0 Å². The molecule has 0 aliphatic rings. The first-order valence-corrected chi connectivity index (χ1v) is 5.75. The lowest BCUT2D eigenvalue weighted by Crippen LogP contribution is -2.03. The molecular weight excluding hydrogens is 259 g/mol. The Morgan fingerprint density at radius 2 is 2.00 bits per heavy atom. The van der Waals surface area contributed by atoms with Gasteiger partial charge in [0.25, 0.3) is 0 Å². The maximum absolute atomic E-state index is 12.3. The molecule has 0 aliphatic carbocycles. The van der Waals surface area contributed by atoms with Gasteiger partial charge in [-0.3, -0.25) is 9.48 Å². The Morgan fingerprint density at radius 3 is 2.59 bits per heavy atom. The third-order valence-electron chi connectivity index (χ3n) is 2.45. The van der Waals surface area contributed by atoms with Crippen molar-refractivity contribution >= 4 is 29.0 Å². The van der Waals surface area contributed by atoms with E-state index in [1.54, 1.807) is 43.0 Å². The standard InChI is InChI=1S/C12H10Cl2N2O/c1-7-9(6-16(2)15-7)12(17)8-4-3-5-10(13)11(8)14/h3-6H,1-2H3. The number of benzene rings is 1. The van der Waals surface area contributed by atoms with Crippen LogP contribution in [0.4, 0.5) is 0 Å². The smallest absolute Gasteiger partial charge is 0.198 e. The van der Waals surface area contributed by atoms with E-state index in [4.69, 9.17) is 23.2 Å². The van der Waals surface area contributed by atoms with E-state index in [0.717, 1.165) is 0 Å². The van der Waals surface area contributed by atoms with Gasteiger partial charge >= 0.3 is 0 Å². The molecule has 0 aliphatic heterocycles. The predicted octanol–water partition coefficient (Wildman–Crippen LogP) is 3.27. The Bertz CT molecular complexity index is 590. The van der Waals surface area contributed by atoms with E-state index in [9.17, 15) is 4.79 Å². The van der Waals surface area contributed by atoms with Crippen LogP contribution < -0.4 is 0 Å². The van der Waals surface area contributed by atoms with Gasteiger partial charge in [0, 0.05) is 18.8 Å². The number of aryl methyl sites for hydroxylation is 2. The summed E-state index contributed by atoms with van der Waals surface area (Å²) in [6.45, 7) is 1.78. The lowest BCUT2D eigenvalue weighted by Gasteiger charge is -2.03. The molecule has 0 amide bonds. The van der Waals surface area contributed by atoms with Crippen molar-refractivity contribution in [2.75, 3.05) is 0 Å². The lowest BCUT2D eigenvalue weighted by molar-refractivity contribution is 0.103. The summed E-state index contributed by atoms with van der Waals surface area (Å²) in [6, 6.07) is 5.01. The molecule has 3 nitrogen and oxygen atoms in total. The minimum absolute atomic E-state index is 0.164. The largest absolute Gasteiger partial charge is 0.288 e. The van der Waals surface area contributed by atoms with Crippen molar-refractivity contribution < 1.29 is 4.79 Å². The van der Waals surface area contributed by atoms with Crippen LogP contribution in [-0.4, -0.2) is 15.6 Å². The normalized spacial score (nSPS) is 10.6. The number of nitrogens with zero attached hydrogens (tertiary/aromatic N) is 2. The van der Waals surface area contributed by atoms with E-state index in [0.29, 0.717) is 21.8 Å². The lowest BCUT2D eigenvalue weighted by atomic mass is 10.0. The molecule has 0 spiro atoms. The van der Waals surface area contributed by atoms with Crippen LogP contribution in [0.5, 0.6) is 0 Å². The number of ketones is 1. The van der Waals surface area contributed by atoms with Crippen molar-refractivity contribution in [1.29, 1.82) is 0 Å². The zero-order valence-corrected chi connectivity index (χ0v) is 10.9. The third-order valence-corrected chi connectivity index (χ3v) is 3.27. The summed E-state index contributed by atoms with van der Waals surface area (Å²) in [7, 11) is 1.77. The summed E-state index contributed by atoms with van der Waals surface area (Å²) in [5.74, 6) is -0.164. The van der Waals surface area contributed by atoms with Crippen LogP contribution in [0.1, 0.15) is 21.6 Å². The number of carbonyl (C=O) groups is 1. The van der Waals surface area contributed by atoms with E-state index in [-0.39, 0.29) is 10.8 Å². The van der Waals surface area contributed by atoms with Crippen molar-refractivity contribution in [2.24, 2.45) is 7.05 Å².